The molecule has 3 aromatic rings. The molecule has 184 valence electrons. The lowest BCUT2D eigenvalue weighted by atomic mass is 10.2. The summed E-state index contributed by atoms with van der Waals surface area (Å²) in [7, 11) is 0. The van der Waals surface area contributed by atoms with Gasteiger partial charge in [0.2, 0.25) is 0 Å². The molecule has 0 radical (unpaired) electrons. The maximum Gasteiger partial charge on any atom is 0.325 e. The third-order valence-electron chi connectivity index (χ3n) is 4.90. The molecule has 9 nitrogen and oxygen atoms in total. The number of unbranched alkanes of at least 4 members (excludes halogenated alkanes) is 1. The molecule has 35 heavy (non-hydrogen) atoms. The summed E-state index contributed by atoms with van der Waals surface area (Å²) in [6.07, 6.45) is 3.53. The highest BCUT2D eigenvalue weighted by molar-refractivity contribution is 6.31. The summed E-state index contributed by atoms with van der Waals surface area (Å²) in [5.74, 6) is -0.605. The van der Waals surface area contributed by atoms with E-state index in [0.29, 0.717) is 35.3 Å². The largest absolute Gasteiger partial charge is 0.494 e. The van der Waals surface area contributed by atoms with Gasteiger partial charge in [-0.05, 0) is 42.3 Å². The number of halogens is 1. The van der Waals surface area contributed by atoms with Crippen molar-refractivity contribution in [3.63, 3.8) is 0 Å². The zero-order chi connectivity index (χ0) is 25.0. The van der Waals surface area contributed by atoms with Crippen LogP contribution in [0.3, 0.4) is 0 Å². The van der Waals surface area contributed by atoms with Crippen molar-refractivity contribution >= 4 is 35.2 Å². The fourth-order valence-electron chi connectivity index (χ4n) is 3.02. The Morgan fingerprint density at radius 2 is 1.83 bits per heavy atom. The Kier molecular flexibility index (Phi) is 9.68. The molecule has 2 aromatic carbocycles. The number of hydrogen-bond donors (Lipinski definition) is 2. The van der Waals surface area contributed by atoms with Crippen LogP contribution in [0.5, 0.6) is 5.75 Å². The summed E-state index contributed by atoms with van der Waals surface area (Å²) in [5, 5.41) is 9.88. The molecule has 0 spiro atoms. The number of anilines is 1. The van der Waals surface area contributed by atoms with Crippen LogP contribution in [0.1, 0.15) is 35.7 Å². The minimum atomic E-state index is -0.738. The molecule has 3 rings (SSSR count). The van der Waals surface area contributed by atoms with Gasteiger partial charge in [0.15, 0.2) is 6.61 Å². The van der Waals surface area contributed by atoms with Crippen LogP contribution in [-0.2, 0) is 20.9 Å². The van der Waals surface area contributed by atoms with Crippen LogP contribution in [0.2, 0.25) is 5.02 Å². The molecule has 1 heterocycles. The molecule has 0 atom stereocenters. The lowest BCUT2D eigenvalue weighted by Gasteiger charge is -2.11. The molecule has 0 bridgehead atoms. The SMILES string of the molecule is CCCCOc1ccc(C(=O)NCC(=O)OCC(=O)Nc2ccnn2Cc2ccccc2Cl)cc1. The van der Waals surface area contributed by atoms with Crippen molar-refractivity contribution in [2.45, 2.75) is 26.3 Å². The van der Waals surface area contributed by atoms with E-state index >= 15 is 0 Å². The number of rotatable bonds is 12. The summed E-state index contributed by atoms with van der Waals surface area (Å²) in [6.45, 7) is 2.18. The predicted octanol–water partition coefficient (Wildman–Crippen LogP) is 3.68. The zero-order valence-electron chi connectivity index (χ0n) is 19.3. The number of nitrogens with zero attached hydrogens (tertiary/aromatic N) is 2. The molecule has 0 aliphatic rings. The summed E-state index contributed by atoms with van der Waals surface area (Å²) >= 11 is 6.18. The minimum absolute atomic E-state index is 0.361. The monoisotopic (exact) mass is 498 g/mol. The maximum absolute atomic E-state index is 12.2. The first-order valence-corrected chi connectivity index (χ1v) is 11.6. The fraction of sp³-hybridized carbons (Fsp3) is 0.280. The normalized spacial score (nSPS) is 10.5. The van der Waals surface area contributed by atoms with Crippen molar-refractivity contribution in [2.75, 3.05) is 25.1 Å². The van der Waals surface area contributed by atoms with Crippen molar-refractivity contribution in [2.24, 2.45) is 0 Å². The van der Waals surface area contributed by atoms with Crippen molar-refractivity contribution in [1.82, 2.24) is 15.1 Å². The third-order valence-corrected chi connectivity index (χ3v) is 5.27. The molecule has 0 fully saturated rings. The molecule has 0 unspecified atom stereocenters. The van der Waals surface area contributed by atoms with Crippen LogP contribution < -0.4 is 15.4 Å². The lowest BCUT2D eigenvalue weighted by Crippen LogP contribution is -2.32. The third kappa shape index (κ3) is 8.15. The van der Waals surface area contributed by atoms with E-state index in [1.807, 2.05) is 18.2 Å². The highest BCUT2D eigenvalue weighted by atomic mass is 35.5. The van der Waals surface area contributed by atoms with E-state index in [1.165, 1.54) is 6.20 Å². The molecular weight excluding hydrogens is 472 g/mol. The van der Waals surface area contributed by atoms with Gasteiger partial charge in [-0.15, -0.1) is 0 Å². The van der Waals surface area contributed by atoms with Crippen LogP contribution in [0.15, 0.2) is 60.8 Å². The Morgan fingerprint density at radius 3 is 2.57 bits per heavy atom. The van der Waals surface area contributed by atoms with Gasteiger partial charge < -0.3 is 20.1 Å². The van der Waals surface area contributed by atoms with Gasteiger partial charge >= 0.3 is 5.97 Å². The summed E-state index contributed by atoms with van der Waals surface area (Å²) in [4.78, 5) is 36.4. The van der Waals surface area contributed by atoms with Gasteiger partial charge in [0.25, 0.3) is 11.8 Å². The van der Waals surface area contributed by atoms with E-state index in [0.717, 1.165) is 18.4 Å². The van der Waals surface area contributed by atoms with Gasteiger partial charge in [-0.3, -0.25) is 14.4 Å². The van der Waals surface area contributed by atoms with E-state index < -0.39 is 24.4 Å². The Labute approximate surface area is 208 Å². The van der Waals surface area contributed by atoms with Gasteiger partial charge in [-0.2, -0.15) is 5.10 Å². The topological polar surface area (TPSA) is 112 Å². The quantitative estimate of drug-likeness (QED) is 0.291. The molecule has 1 aromatic heterocycles. The highest BCUT2D eigenvalue weighted by Gasteiger charge is 2.13. The summed E-state index contributed by atoms with van der Waals surface area (Å²) in [6, 6.07) is 15.6. The van der Waals surface area contributed by atoms with Crippen LogP contribution in [-0.4, -0.2) is 47.3 Å². The molecule has 2 amide bonds. The standard InChI is InChI=1S/C25H27ClN4O5/c1-2-3-14-34-20-10-8-18(9-11-20)25(33)27-15-24(32)35-17-23(31)29-22-12-13-28-30(22)16-19-6-4-5-7-21(19)26/h4-13H,2-3,14-17H2,1H3,(H,27,33)(H,29,31). The first-order chi connectivity index (χ1) is 17.0. The van der Waals surface area contributed by atoms with E-state index in [1.54, 1.807) is 41.1 Å². The van der Waals surface area contributed by atoms with E-state index in [9.17, 15) is 14.4 Å². The summed E-state index contributed by atoms with van der Waals surface area (Å²) < 4.78 is 12.1. The maximum atomic E-state index is 12.2. The second-order valence-electron chi connectivity index (χ2n) is 7.58. The van der Waals surface area contributed by atoms with Gasteiger partial charge in [0.1, 0.15) is 18.1 Å². The highest BCUT2D eigenvalue weighted by Crippen LogP contribution is 2.18. The van der Waals surface area contributed by atoms with Gasteiger partial charge in [-0.1, -0.05) is 43.1 Å². The molecule has 0 aliphatic carbocycles. The first kappa shape index (κ1) is 25.8. The van der Waals surface area contributed by atoms with Crippen molar-refractivity contribution in [1.29, 1.82) is 0 Å². The molecule has 0 aliphatic heterocycles. The van der Waals surface area contributed by atoms with Crippen LogP contribution in [0.4, 0.5) is 5.82 Å². The zero-order valence-corrected chi connectivity index (χ0v) is 20.1. The molecule has 0 saturated heterocycles. The summed E-state index contributed by atoms with van der Waals surface area (Å²) in [5.41, 5.74) is 1.22. The number of nitrogens with one attached hydrogen (secondary N) is 2. The predicted molar refractivity (Wildman–Crippen MR) is 132 cm³/mol. The number of ether oxygens (including phenoxy) is 2. The average molecular weight is 499 g/mol. The fourth-order valence-corrected chi connectivity index (χ4v) is 3.22. The van der Waals surface area contributed by atoms with Crippen LogP contribution >= 0.6 is 11.6 Å². The Morgan fingerprint density at radius 1 is 1.06 bits per heavy atom. The lowest BCUT2D eigenvalue weighted by molar-refractivity contribution is -0.146. The van der Waals surface area contributed by atoms with Gasteiger partial charge in [0.05, 0.1) is 19.3 Å². The Balaban J connectivity index is 1.40. The molecule has 0 saturated carbocycles. The molecular formula is C25H27ClN4O5. The number of esters is 1. The van der Waals surface area contributed by atoms with Crippen molar-refractivity contribution in [3.8, 4) is 5.75 Å². The Hall–Kier alpha value is -3.85. The van der Waals surface area contributed by atoms with Gasteiger partial charge in [-0.25, -0.2) is 4.68 Å². The number of hydrogen-bond acceptors (Lipinski definition) is 6. The smallest absolute Gasteiger partial charge is 0.325 e. The minimum Gasteiger partial charge on any atom is -0.494 e. The second-order valence-corrected chi connectivity index (χ2v) is 7.99. The first-order valence-electron chi connectivity index (χ1n) is 11.2. The van der Waals surface area contributed by atoms with Crippen molar-refractivity contribution in [3.05, 3.63) is 76.9 Å². The van der Waals surface area contributed by atoms with E-state index in [-0.39, 0.29) is 6.54 Å². The van der Waals surface area contributed by atoms with E-state index in [2.05, 4.69) is 22.7 Å². The average Bonchev–Trinajstić information content (AvgIpc) is 3.29. The van der Waals surface area contributed by atoms with Gasteiger partial charge in [0, 0.05) is 16.7 Å². The molecule has 2 N–H and O–H groups in total. The Bertz CT molecular complexity index is 1150. The van der Waals surface area contributed by atoms with Crippen LogP contribution in [0.25, 0.3) is 0 Å². The van der Waals surface area contributed by atoms with E-state index in [4.69, 9.17) is 21.1 Å². The van der Waals surface area contributed by atoms with Crippen LogP contribution in [0, 0.1) is 0 Å². The number of carbonyl (C=O) groups excluding carboxylic acids is 3. The molecule has 10 heteroatoms. The second kappa shape index (κ2) is 13.1. The van der Waals surface area contributed by atoms with Crippen molar-refractivity contribution < 1.29 is 23.9 Å². The number of benzene rings is 2. The number of aromatic nitrogens is 2. The number of carbonyl (C=O) groups is 3. The number of amides is 2.